The zero-order chi connectivity index (χ0) is 21.0. The average molecular weight is 395 g/mol. The van der Waals surface area contributed by atoms with Gasteiger partial charge in [-0.25, -0.2) is 0 Å². The van der Waals surface area contributed by atoms with Gasteiger partial charge < -0.3 is 14.4 Å². The smallest absolute Gasteiger partial charge is 0.312 e. The van der Waals surface area contributed by atoms with E-state index in [0.29, 0.717) is 17.9 Å². The maximum atomic E-state index is 12.5. The highest BCUT2D eigenvalue weighted by atomic mass is 16.5. The molecule has 0 aliphatic carbocycles. The second-order valence-electron chi connectivity index (χ2n) is 7.14. The van der Waals surface area contributed by atoms with Gasteiger partial charge in [-0.3, -0.25) is 14.4 Å². The van der Waals surface area contributed by atoms with E-state index < -0.39 is 18.0 Å². The largest absolute Gasteiger partial charge is 0.494 e. The number of ether oxygens (including phenoxy) is 2. The lowest BCUT2D eigenvalue weighted by molar-refractivity contribution is -0.151. The molecule has 1 amide bonds. The van der Waals surface area contributed by atoms with Crippen molar-refractivity contribution in [1.29, 1.82) is 0 Å². The molecule has 0 radical (unpaired) electrons. The van der Waals surface area contributed by atoms with Crippen molar-refractivity contribution in [3.05, 3.63) is 59.7 Å². The number of esters is 1. The first-order valence-corrected chi connectivity index (χ1v) is 9.73. The number of nitrogens with zero attached hydrogens (tertiary/aromatic N) is 1. The van der Waals surface area contributed by atoms with Crippen LogP contribution in [0.2, 0.25) is 0 Å². The number of anilines is 1. The highest BCUT2D eigenvalue weighted by Crippen LogP contribution is 2.28. The van der Waals surface area contributed by atoms with E-state index in [4.69, 9.17) is 9.47 Å². The molecular formula is C23H25NO5. The fourth-order valence-electron chi connectivity index (χ4n) is 3.28. The summed E-state index contributed by atoms with van der Waals surface area (Å²) in [6.45, 7) is 6.19. The summed E-state index contributed by atoms with van der Waals surface area (Å²) in [7, 11) is 0. The third-order valence-corrected chi connectivity index (χ3v) is 4.92. The maximum absolute atomic E-state index is 12.5. The number of rotatable bonds is 7. The first kappa shape index (κ1) is 20.6. The van der Waals surface area contributed by atoms with Crippen molar-refractivity contribution in [2.75, 3.05) is 18.1 Å². The number of Topliss-reactive ketones (excluding diaryl/α,β-unsaturated/α-hetero) is 1. The van der Waals surface area contributed by atoms with Gasteiger partial charge in [-0.05, 0) is 45.0 Å². The fraction of sp³-hybridized carbons (Fsp3) is 0.348. The van der Waals surface area contributed by atoms with Gasteiger partial charge in [0.15, 0.2) is 6.10 Å². The predicted molar refractivity (Wildman–Crippen MR) is 109 cm³/mol. The molecule has 0 bridgehead atoms. The molecule has 1 aliphatic rings. The van der Waals surface area contributed by atoms with E-state index in [1.165, 1.54) is 0 Å². The summed E-state index contributed by atoms with van der Waals surface area (Å²) in [5.74, 6) is -0.802. The minimum Gasteiger partial charge on any atom is -0.494 e. The lowest BCUT2D eigenvalue weighted by atomic mass is 10.1. The van der Waals surface area contributed by atoms with Gasteiger partial charge >= 0.3 is 5.97 Å². The summed E-state index contributed by atoms with van der Waals surface area (Å²) in [6.07, 6.45) is -0.836. The van der Waals surface area contributed by atoms with Gasteiger partial charge in [0.25, 0.3) is 0 Å². The van der Waals surface area contributed by atoms with Gasteiger partial charge in [-0.15, -0.1) is 0 Å². The Kier molecular flexibility index (Phi) is 6.32. The standard InChI is InChI=1S/C23H25NO5/c1-4-28-20-11-9-19(10-12-20)24-14-18(13-21(24)25)23(27)29-16(3)22(26)17-7-5-15(2)6-8-17/h5-12,16,18H,4,13-14H2,1-3H3/t16-,18+/m1/s1. The van der Waals surface area contributed by atoms with Gasteiger partial charge in [-0.2, -0.15) is 0 Å². The molecule has 3 rings (SSSR count). The Balaban J connectivity index is 1.60. The van der Waals surface area contributed by atoms with E-state index >= 15 is 0 Å². The van der Waals surface area contributed by atoms with Crippen LogP contribution in [0.15, 0.2) is 48.5 Å². The van der Waals surface area contributed by atoms with Crippen LogP contribution in [-0.4, -0.2) is 36.9 Å². The Hall–Kier alpha value is -3.15. The van der Waals surface area contributed by atoms with Crippen molar-refractivity contribution in [2.24, 2.45) is 5.92 Å². The molecule has 0 saturated carbocycles. The van der Waals surface area contributed by atoms with Crippen LogP contribution >= 0.6 is 0 Å². The minimum atomic E-state index is -0.903. The fourth-order valence-corrected chi connectivity index (χ4v) is 3.28. The van der Waals surface area contributed by atoms with Crippen LogP contribution in [-0.2, 0) is 14.3 Å². The average Bonchev–Trinajstić information content (AvgIpc) is 3.10. The molecule has 29 heavy (non-hydrogen) atoms. The Morgan fingerprint density at radius 1 is 1.10 bits per heavy atom. The minimum absolute atomic E-state index is 0.0670. The normalized spacial score (nSPS) is 17.1. The van der Waals surface area contributed by atoms with Crippen LogP contribution in [0.5, 0.6) is 5.75 Å². The lowest BCUT2D eigenvalue weighted by Crippen LogP contribution is -2.30. The first-order valence-electron chi connectivity index (χ1n) is 9.73. The number of ketones is 1. The zero-order valence-corrected chi connectivity index (χ0v) is 16.9. The molecule has 1 aliphatic heterocycles. The number of hydrogen-bond acceptors (Lipinski definition) is 5. The summed E-state index contributed by atoms with van der Waals surface area (Å²) in [5, 5.41) is 0. The van der Waals surface area contributed by atoms with E-state index in [9.17, 15) is 14.4 Å². The van der Waals surface area contributed by atoms with Gasteiger partial charge in [0, 0.05) is 24.2 Å². The third kappa shape index (κ3) is 4.83. The van der Waals surface area contributed by atoms with Crippen molar-refractivity contribution < 1.29 is 23.9 Å². The SMILES string of the molecule is CCOc1ccc(N2C[C@@H](C(=O)O[C@H](C)C(=O)c3ccc(C)cc3)CC2=O)cc1. The maximum Gasteiger partial charge on any atom is 0.312 e. The molecule has 1 fully saturated rings. The Morgan fingerprint density at radius 3 is 2.38 bits per heavy atom. The first-order chi connectivity index (χ1) is 13.9. The van der Waals surface area contributed by atoms with E-state index in [2.05, 4.69) is 0 Å². The van der Waals surface area contributed by atoms with Crippen LogP contribution in [0, 0.1) is 12.8 Å². The molecule has 0 aromatic heterocycles. The van der Waals surface area contributed by atoms with E-state index in [-0.39, 0.29) is 24.7 Å². The third-order valence-electron chi connectivity index (χ3n) is 4.92. The van der Waals surface area contributed by atoms with Crippen molar-refractivity contribution in [3.8, 4) is 5.75 Å². The molecule has 1 saturated heterocycles. The Bertz CT molecular complexity index is 888. The van der Waals surface area contributed by atoms with Crippen LogP contribution in [0.3, 0.4) is 0 Å². The van der Waals surface area contributed by atoms with Crippen LogP contribution in [0.25, 0.3) is 0 Å². The Labute approximate surface area is 170 Å². The van der Waals surface area contributed by atoms with Crippen molar-refractivity contribution in [2.45, 2.75) is 33.3 Å². The van der Waals surface area contributed by atoms with Crippen molar-refractivity contribution in [3.63, 3.8) is 0 Å². The molecule has 6 nitrogen and oxygen atoms in total. The number of carbonyl (C=O) groups is 3. The quantitative estimate of drug-likeness (QED) is 0.529. The van der Waals surface area contributed by atoms with E-state index in [0.717, 1.165) is 11.3 Å². The molecule has 6 heteroatoms. The molecule has 2 aromatic carbocycles. The topological polar surface area (TPSA) is 72.9 Å². The number of hydrogen-bond donors (Lipinski definition) is 0. The summed E-state index contributed by atoms with van der Waals surface area (Å²) >= 11 is 0. The van der Waals surface area contributed by atoms with Crippen LogP contribution < -0.4 is 9.64 Å². The van der Waals surface area contributed by atoms with Crippen LogP contribution in [0.1, 0.15) is 36.2 Å². The van der Waals surface area contributed by atoms with E-state index in [1.807, 2.05) is 26.0 Å². The molecule has 152 valence electrons. The van der Waals surface area contributed by atoms with Crippen molar-refractivity contribution in [1.82, 2.24) is 0 Å². The van der Waals surface area contributed by atoms with Gasteiger partial charge in [-0.1, -0.05) is 29.8 Å². The van der Waals surface area contributed by atoms with E-state index in [1.54, 1.807) is 48.2 Å². The molecule has 1 heterocycles. The second kappa shape index (κ2) is 8.90. The van der Waals surface area contributed by atoms with Gasteiger partial charge in [0.05, 0.1) is 12.5 Å². The highest BCUT2D eigenvalue weighted by molar-refractivity contribution is 6.02. The molecular weight excluding hydrogens is 370 g/mol. The molecule has 0 N–H and O–H groups in total. The summed E-state index contributed by atoms with van der Waals surface area (Å²) in [6, 6.07) is 14.3. The van der Waals surface area contributed by atoms with Gasteiger partial charge in [0.1, 0.15) is 5.75 Å². The zero-order valence-electron chi connectivity index (χ0n) is 16.9. The molecule has 2 aromatic rings. The summed E-state index contributed by atoms with van der Waals surface area (Å²) in [4.78, 5) is 39.0. The highest BCUT2D eigenvalue weighted by Gasteiger charge is 2.37. The molecule has 2 atom stereocenters. The molecule has 0 spiro atoms. The number of amides is 1. The number of aryl methyl sites for hydroxylation is 1. The van der Waals surface area contributed by atoms with Crippen LogP contribution in [0.4, 0.5) is 5.69 Å². The monoisotopic (exact) mass is 395 g/mol. The second-order valence-corrected chi connectivity index (χ2v) is 7.14. The summed E-state index contributed by atoms with van der Waals surface area (Å²) < 4.78 is 10.8. The number of carbonyl (C=O) groups excluding carboxylic acids is 3. The van der Waals surface area contributed by atoms with Gasteiger partial charge in [0.2, 0.25) is 11.7 Å². The molecule has 0 unspecified atom stereocenters. The van der Waals surface area contributed by atoms with Crippen molar-refractivity contribution >= 4 is 23.3 Å². The summed E-state index contributed by atoms with van der Waals surface area (Å²) in [5.41, 5.74) is 2.25. The Morgan fingerprint density at radius 2 is 1.76 bits per heavy atom. The predicted octanol–water partition coefficient (Wildman–Crippen LogP) is 3.56. The number of benzene rings is 2. The lowest BCUT2D eigenvalue weighted by Gasteiger charge is -2.18.